The Morgan fingerprint density at radius 2 is 1.14 bits per heavy atom. The highest BCUT2D eigenvalue weighted by Crippen LogP contribution is 2.43. The molecule has 0 aliphatic heterocycles. The lowest BCUT2D eigenvalue weighted by Crippen LogP contribution is -2.27. The van der Waals surface area contributed by atoms with Crippen LogP contribution >= 0.6 is 7.82 Å². The molecule has 0 heterocycles. The second kappa shape index (κ2) is 38.3. The number of carbonyl (C=O) groups excluding carboxylic acids is 1. The van der Waals surface area contributed by atoms with Crippen molar-refractivity contribution in [1.82, 2.24) is 0 Å². The van der Waals surface area contributed by atoms with E-state index in [1.54, 1.807) is 6.26 Å². The van der Waals surface area contributed by atoms with E-state index in [0.29, 0.717) is 0 Å². The number of carbonyl (C=O) groups is 1. The lowest BCUT2D eigenvalue weighted by molar-refractivity contribution is -0.153. The molecule has 0 spiro atoms. The van der Waals surface area contributed by atoms with Crippen molar-refractivity contribution in [1.29, 1.82) is 0 Å². The van der Waals surface area contributed by atoms with E-state index >= 15 is 0 Å². The van der Waals surface area contributed by atoms with Gasteiger partial charge in [-0.2, -0.15) is 0 Å². The summed E-state index contributed by atoms with van der Waals surface area (Å²) in [4.78, 5) is 22.4. The standard InChI is InChI=1S/C41H74NO7P/c1-3-5-7-9-11-13-15-17-19-21-23-25-27-29-31-33-36-46-38-40(39-48-50(44,45)47-37-35-42)49-41(43)34-32-30-28-26-24-22-20-18-16-14-12-10-8-6-4-2/h6,8,12-15,18,20,33,36,40H,3-5,7,9-11,16-17,19,21-32,34-35,37-39,42H2,1-2H3,(H,44,45). The molecule has 0 aromatic rings. The lowest BCUT2D eigenvalue weighted by atomic mass is 10.1. The average molecular weight is 724 g/mol. The highest BCUT2D eigenvalue weighted by molar-refractivity contribution is 7.47. The summed E-state index contributed by atoms with van der Waals surface area (Å²) in [5, 5.41) is 0. The van der Waals surface area contributed by atoms with Crippen LogP contribution < -0.4 is 5.73 Å². The molecule has 0 radical (unpaired) electrons. The van der Waals surface area contributed by atoms with Gasteiger partial charge in [0.15, 0.2) is 6.10 Å². The van der Waals surface area contributed by atoms with E-state index in [-0.39, 0.29) is 38.8 Å². The van der Waals surface area contributed by atoms with Gasteiger partial charge in [-0.3, -0.25) is 13.8 Å². The molecule has 0 aliphatic rings. The molecule has 8 nitrogen and oxygen atoms in total. The molecule has 0 aromatic carbocycles. The van der Waals surface area contributed by atoms with Crippen molar-refractivity contribution in [2.75, 3.05) is 26.4 Å². The highest BCUT2D eigenvalue weighted by Gasteiger charge is 2.25. The van der Waals surface area contributed by atoms with E-state index in [1.165, 1.54) is 70.6 Å². The summed E-state index contributed by atoms with van der Waals surface area (Å²) in [5.41, 5.74) is 5.35. The Hall–Kier alpha value is -1.96. The predicted molar refractivity (Wildman–Crippen MR) is 210 cm³/mol. The largest absolute Gasteiger partial charge is 0.498 e. The first-order valence-corrected chi connectivity index (χ1v) is 21.3. The number of phosphoric ester groups is 1. The summed E-state index contributed by atoms with van der Waals surface area (Å²) >= 11 is 0. The first-order valence-electron chi connectivity index (χ1n) is 19.8. The van der Waals surface area contributed by atoms with E-state index < -0.39 is 13.9 Å². The van der Waals surface area contributed by atoms with Gasteiger partial charge in [0.25, 0.3) is 0 Å². The molecule has 3 N–H and O–H groups in total. The molecule has 9 heteroatoms. The Kier molecular flexibility index (Phi) is 36.8. The van der Waals surface area contributed by atoms with Crippen LogP contribution in [-0.4, -0.2) is 43.3 Å². The number of unbranched alkanes of at least 4 members (excludes halogenated alkanes) is 16. The molecular formula is C41H74NO7P. The number of phosphoric acid groups is 1. The third-order valence-corrected chi connectivity index (χ3v) is 8.97. The van der Waals surface area contributed by atoms with E-state index in [4.69, 9.17) is 24.3 Å². The van der Waals surface area contributed by atoms with Crippen LogP contribution in [0.2, 0.25) is 0 Å². The van der Waals surface area contributed by atoms with E-state index in [9.17, 15) is 14.3 Å². The highest BCUT2D eigenvalue weighted by atomic mass is 31.2. The van der Waals surface area contributed by atoms with Crippen molar-refractivity contribution in [3.8, 4) is 0 Å². The topological polar surface area (TPSA) is 117 Å². The number of allylic oxidation sites excluding steroid dienone is 9. The summed E-state index contributed by atoms with van der Waals surface area (Å²) in [6.07, 6.45) is 46.1. The van der Waals surface area contributed by atoms with Gasteiger partial charge in [0.05, 0.1) is 19.5 Å². The number of hydrogen-bond acceptors (Lipinski definition) is 7. The van der Waals surface area contributed by atoms with Gasteiger partial charge < -0.3 is 20.1 Å². The molecule has 2 atom stereocenters. The maximum absolute atomic E-state index is 12.5. The van der Waals surface area contributed by atoms with Crippen LogP contribution in [0.4, 0.5) is 0 Å². The minimum absolute atomic E-state index is 0.0194. The summed E-state index contributed by atoms with van der Waals surface area (Å²) in [5.74, 6) is -0.374. The van der Waals surface area contributed by atoms with Gasteiger partial charge in [-0.15, -0.1) is 0 Å². The molecule has 0 aliphatic carbocycles. The fourth-order valence-electron chi connectivity index (χ4n) is 5.09. The molecule has 0 saturated carbocycles. The summed E-state index contributed by atoms with van der Waals surface area (Å²) < 4.78 is 33.1. The van der Waals surface area contributed by atoms with Gasteiger partial charge in [-0.05, 0) is 83.1 Å². The molecule has 0 amide bonds. The van der Waals surface area contributed by atoms with Crippen molar-refractivity contribution in [2.45, 2.75) is 168 Å². The number of nitrogens with two attached hydrogens (primary N) is 1. The smallest absolute Gasteiger partial charge is 0.472 e. The van der Waals surface area contributed by atoms with Crippen LogP contribution in [0, 0.1) is 0 Å². The molecule has 290 valence electrons. The predicted octanol–water partition coefficient (Wildman–Crippen LogP) is 11.8. The Bertz CT molecular complexity index is 947. The van der Waals surface area contributed by atoms with Crippen molar-refractivity contribution in [2.24, 2.45) is 5.73 Å². The first-order chi connectivity index (χ1) is 24.4. The molecule has 50 heavy (non-hydrogen) atoms. The average Bonchev–Trinajstić information content (AvgIpc) is 3.10. The summed E-state index contributed by atoms with van der Waals surface area (Å²) in [6.45, 7) is 4.07. The normalized spacial score (nSPS) is 14.2. The molecule has 0 saturated heterocycles. The Morgan fingerprint density at radius 1 is 0.640 bits per heavy atom. The second-order valence-electron chi connectivity index (χ2n) is 12.8. The zero-order valence-electron chi connectivity index (χ0n) is 31.9. The van der Waals surface area contributed by atoms with E-state index in [1.807, 2.05) is 6.08 Å². The Labute approximate surface area is 306 Å². The number of rotatable bonds is 37. The van der Waals surface area contributed by atoms with Crippen LogP contribution in [0.15, 0.2) is 60.9 Å². The summed E-state index contributed by atoms with van der Waals surface area (Å²) in [6, 6.07) is 0. The molecule has 0 fully saturated rings. The van der Waals surface area contributed by atoms with E-state index in [2.05, 4.69) is 62.5 Å². The van der Waals surface area contributed by atoms with Crippen LogP contribution in [-0.2, 0) is 27.9 Å². The minimum atomic E-state index is -4.30. The van der Waals surface area contributed by atoms with Gasteiger partial charge in [-0.25, -0.2) is 4.57 Å². The van der Waals surface area contributed by atoms with Crippen molar-refractivity contribution in [3.05, 3.63) is 60.9 Å². The van der Waals surface area contributed by atoms with Crippen molar-refractivity contribution < 1.29 is 32.8 Å². The van der Waals surface area contributed by atoms with Crippen LogP contribution in [0.5, 0.6) is 0 Å². The van der Waals surface area contributed by atoms with Crippen molar-refractivity contribution in [3.63, 3.8) is 0 Å². The molecule has 2 unspecified atom stereocenters. The van der Waals surface area contributed by atoms with Crippen LogP contribution in [0.1, 0.15) is 162 Å². The molecule has 0 rings (SSSR count). The SMILES string of the molecule is CCC=CCC=CCC=CCCCCCCCC(=O)OC(COC=CCCCCCCCCC=CCCCCCC)COP(=O)(O)OCCN. The fourth-order valence-corrected chi connectivity index (χ4v) is 5.85. The molecule has 0 bridgehead atoms. The maximum Gasteiger partial charge on any atom is 0.472 e. The summed E-state index contributed by atoms with van der Waals surface area (Å²) in [7, 11) is -4.30. The van der Waals surface area contributed by atoms with Gasteiger partial charge in [0.1, 0.15) is 6.61 Å². The van der Waals surface area contributed by atoms with Crippen LogP contribution in [0.25, 0.3) is 0 Å². The van der Waals surface area contributed by atoms with Gasteiger partial charge in [-0.1, -0.05) is 127 Å². The third-order valence-electron chi connectivity index (χ3n) is 7.98. The van der Waals surface area contributed by atoms with E-state index in [0.717, 1.165) is 70.6 Å². The minimum Gasteiger partial charge on any atom is -0.498 e. The number of hydrogen-bond donors (Lipinski definition) is 2. The Morgan fingerprint density at radius 3 is 1.72 bits per heavy atom. The maximum atomic E-state index is 12.5. The van der Waals surface area contributed by atoms with Gasteiger partial charge in [0, 0.05) is 13.0 Å². The van der Waals surface area contributed by atoms with Gasteiger partial charge in [0.2, 0.25) is 0 Å². The second-order valence-corrected chi connectivity index (χ2v) is 14.3. The quantitative estimate of drug-likeness (QED) is 0.0214. The Balaban J connectivity index is 4.18. The fraction of sp³-hybridized carbons (Fsp3) is 0.732. The monoisotopic (exact) mass is 724 g/mol. The lowest BCUT2D eigenvalue weighted by Gasteiger charge is -2.19. The van der Waals surface area contributed by atoms with Crippen LogP contribution in [0.3, 0.4) is 0 Å². The zero-order chi connectivity index (χ0) is 36.6. The first kappa shape index (κ1) is 48.0. The molecular weight excluding hydrogens is 649 g/mol. The molecule has 0 aromatic heterocycles. The van der Waals surface area contributed by atoms with Gasteiger partial charge >= 0.3 is 13.8 Å². The number of esters is 1. The third kappa shape index (κ3) is 37.3. The number of ether oxygens (including phenoxy) is 2. The zero-order valence-corrected chi connectivity index (χ0v) is 32.8. The van der Waals surface area contributed by atoms with Crippen molar-refractivity contribution >= 4 is 13.8 Å².